The van der Waals surface area contributed by atoms with Crippen LogP contribution in [0.5, 0.6) is 5.75 Å². The monoisotopic (exact) mass is 543 g/mol. The highest BCUT2D eigenvalue weighted by Crippen LogP contribution is 2.52. The Morgan fingerprint density at radius 1 is 1.10 bits per heavy atom. The molecule has 210 valence electrons. The number of likely N-dealkylation sites (N-methyl/N-ethyl adjacent to an activating group) is 1. The minimum absolute atomic E-state index is 0.0184. The Labute approximate surface area is 225 Å². The predicted octanol–water partition coefficient (Wildman–Crippen LogP) is 0.163. The van der Waals surface area contributed by atoms with Gasteiger partial charge in [0.05, 0.1) is 17.5 Å². The highest BCUT2D eigenvalue weighted by Gasteiger charge is 2.69. The van der Waals surface area contributed by atoms with Crippen LogP contribution in [0.1, 0.15) is 54.2 Å². The Balaban J connectivity index is 1.63. The third kappa shape index (κ3) is 3.66. The van der Waals surface area contributed by atoms with Crippen LogP contribution in [0.25, 0.3) is 0 Å². The predicted molar refractivity (Wildman–Crippen MR) is 135 cm³/mol. The van der Waals surface area contributed by atoms with Gasteiger partial charge in [0.1, 0.15) is 11.6 Å². The molecule has 5 rings (SSSR count). The maximum absolute atomic E-state index is 16.0. The summed E-state index contributed by atoms with van der Waals surface area (Å²) in [6.45, 7) is 6.74. The summed E-state index contributed by atoms with van der Waals surface area (Å²) in [6, 6.07) is -1.20. The average Bonchev–Trinajstić information content (AvgIpc) is 2.83. The van der Waals surface area contributed by atoms with Gasteiger partial charge in [-0.1, -0.05) is 0 Å². The molecule has 0 saturated heterocycles. The van der Waals surface area contributed by atoms with Crippen LogP contribution in [0.3, 0.4) is 0 Å². The van der Waals surface area contributed by atoms with Crippen molar-refractivity contribution in [2.75, 3.05) is 20.6 Å². The number of benzene rings is 1. The lowest BCUT2D eigenvalue weighted by molar-refractivity contribution is -0.181. The van der Waals surface area contributed by atoms with Crippen LogP contribution in [0.4, 0.5) is 4.39 Å². The zero-order valence-corrected chi connectivity index (χ0v) is 22.7. The van der Waals surface area contributed by atoms with Gasteiger partial charge in [-0.2, -0.15) is 0 Å². The number of nitrogens with zero attached hydrogens (tertiary/aromatic N) is 2. The number of nitrogens with two attached hydrogens (primary N) is 1. The van der Waals surface area contributed by atoms with Crippen molar-refractivity contribution in [3.63, 3.8) is 0 Å². The smallest absolute Gasteiger partial charge is 0.235 e. The van der Waals surface area contributed by atoms with Crippen LogP contribution in [0.15, 0.2) is 0 Å². The number of phenolic OH excluding ortho intramolecular Hbond substituents is 1. The Bertz CT molecular complexity index is 1350. The summed E-state index contributed by atoms with van der Waals surface area (Å²) in [4.78, 5) is 69.8. The third-order valence-corrected chi connectivity index (χ3v) is 9.30. The van der Waals surface area contributed by atoms with Gasteiger partial charge in [0.2, 0.25) is 5.91 Å². The second-order valence-corrected chi connectivity index (χ2v) is 12.6. The second-order valence-electron chi connectivity index (χ2n) is 12.6. The lowest BCUT2D eigenvalue weighted by Gasteiger charge is -2.52. The molecule has 0 radical (unpaired) electrons. The first-order chi connectivity index (χ1) is 18.0. The molecule has 4 aliphatic rings. The first-order valence-electron chi connectivity index (χ1n) is 13.2. The molecular formula is C28H34FN3O7. The molecule has 6 atom stereocenters. The van der Waals surface area contributed by atoms with Crippen molar-refractivity contribution >= 4 is 29.0 Å². The van der Waals surface area contributed by atoms with Gasteiger partial charge in [-0.25, -0.2) is 4.39 Å². The number of phenols is 1. The zero-order valence-electron chi connectivity index (χ0n) is 22.7. The van der Waals surface area contributed by atoms with Crippen LogP contribution < -0.4 is 5.73 Å². The molecule has 4 N–H and O–H groups in total. The lowest BCUT2D eigenvalue weighted by atomic mass is 9.52. The fraction of sp³-hybridized carbons (Fsp3) is 0.607. The largest absolute Gasteiger partial charge is 0.507 e. The Kier molecular flexibility index (Phi) is 6.17. The summed E-state index contributed by atoms with van der Waals surface area (Å²) in [5.41, 5.74) is 2.61. The SMILES string of the molecule is CN(C)[C@@H]1C(=O)C(C(N)=O)C(=O)[C@@]2(O)C(=O)C3C(=O)c4c(O)c5c(c(F)c4C[C@H]3C[C@@H]12)CCN(C(C)(C)C)C5. The Morgan fingerprint density at radius 2 is 1.74 bits per heavy atom. The fourth-order valence-electron chi connectivity index (χ4n) is 7.32. The van der Waals surface area contributed by atoms with Gasteiger partial charge >= 0.3 is 0 Å². The van der Waals surface area contributed by atoms with Crippen LogP contribution in [-0.4, -0.2) is 86.9 Å². The number of hydrogen-bond acceptors (Lipinski definition) is 9. The van der Waals surface area contributed by atoms with E-state index in [1.165, 1.54) is 19.0 Å². The van der Waals surface area contributed by atoms with E-state index in [1.807, 2.05) is 20.8 Å². The van der Waals surface area contributed by atoms with E-state index < -0.39 is 70.2 Å². The first-order valence-corrected chi connectivity index (χ1v) is 13.2. The fourth-order valence-corrected chi connectivity index (χ4v) is 7.32. The molecule has 0 bridgehead atoms. The maximum Gasteiger partial charge on any atom is 0.235 e. The highest BCUT2D eigenvalue weighted by molar-refractivity contribution is 6.32. The quantitative estimate of drug-likeness (QED) is 0.442. The van der Waals surface area contributed by atoms with Gasteiger partial charge in [-0.15, -0.1) is 0 Å². The summed E-state index contributed by atoms with van der Waals surface area (Å²) in [5, 5.41) is 22.9. The number of Topliss-reactive ketones (excluding diaryl/α,β-unsaturated/α-hetero) is 4. The molecule has 1 amide bonds. The number of carbonyl (C=O) groups excluding carboxylic acids is 5. The normalized spacial score (nSPS) is 33.0. The Morgan fingerprint density at radius 3 is 2.31 bits per heavy atom. The lowest BCUT2D eigenvalue weighted by Crippen LogP contribution is -2.74. The minimum Gasteiger partial charge on any atom is -0.507 e. The molecule has 10 nitrogen and oxygen atoms in total. The van der Waals surface area contributed by atoms with E-state index in [0.717, 1.165) is 0 Å². The maximum atomic E-state index is 16.0. The zero-order chi connectivity index (χ0) is 28.9. The number of amides is 1. The van der Waals surface area contributed by atoms with Crippen LogP contribution in [0.2, 0.25) is 0 Å². The molecule has 2 fully saturated rings. The van der Waals surface area contributed by atoms with Crippen LogP contribution >= 0.6 is 0 Å². The molecule has 1 aromatic carbocycles. The Hall–Kier alpha value is -3.02. The third-order valence-electron chi connectivity index (χ3n) is 9.30. The molecule has 1 aliphatic heterocycles. The van der Waals surface area contributed by atoms with Gasteiger partial charge in [-0.3, -0.25) is 33.8 Å². The molecule has 39 heavy (non-hydrogen) atoms. The van der Waals surface area contributed by atoms with Gasteiger partial charge in [0, 0.05) is 35.7 Å². The second kappa shape index (κ2) is 8.74. The molecule has 1 aromatic rings. The molecule has 0 spiro atoms. The summed E-state index contributed by atoms with van der Waals surface area (Å²) in [6.07, 6.45) is 0.142. The number of carbonyl (C=O) groups is 5. The van der Waals surface area contributed by atoms with Gasteiger partial charge in [-0.05, 0) is 65.6 Å². The number of ketones is 4. The van der Waals surface area contributed by atoms with Crippen molar-refractivity contribution in [3.8, 4) is 5.75 Å². The molecule has 2 saturated carbocycles. The van der Waals surface area contributed by atoms with E-state index in [9.17, 15) is 34.2 Å². The molecule has 1 heterocycles. The number of fused-ring (bicyclic) bond motifs is 4. The van der Waals surface area contributed by atoms with E-state index in [0.29, 0.717) is 24.1 Å². The van der Waals surface area contributed by atoms with Crippen molar-refractivity contribution in [2.45, 2.75) is 63.8 Å². The first kappa shape index (κ1) is 27.5. The van der Waals surface area contributed by atoms with Crippen molar-refractivity contribution in [1.29, 1.82) is 0 Å². The van der Waals surface area contributed by atoms with E-state index in [4.69, 9.17) is 5.73 Å². The summed E-state index contributed by atoms with van der Waals surface area (Å²) in [5.74, 6) is -12.0. The number of aliphatic hydroxyl groups is 1. The number of rotatable bonds is 2. The van der Waals surface area contributed by atoms with Crippen molar-refractivity contribution in [1.82, 2.24) is 9.80 Å². The van der Waals surface area contributed by atoms with Gasteiger partial charge in [0.15, 0.2) is 34.7 Å². The van der Waals surface area contributed by atoms with Crippen molar-refractivity contribution in [2.24, 2.45) is 29.4 Å². The van der Waals surface area contributed by atoms with Crippen LogP contribution in [0, 0.1) is 29.5 Å². The molecular weight excluding hydrogens is 509 g/mol. The number of primary amides is 1. The number of halogens is 1. The topological polar surface area (TPSA) is 158 Å². The summed E-state index contributed by atoms with van der Waals surface area (Å²) < 4.78 is 16.0. The summed E-state index contributed by atoms with van der Waals surface area (Å²) in [7, 11) is 3.03. The van der Waals surface area contributed by atoms with Gasteiger partial charge in [0.25, 0.3) is 0 Å². The minimum atomic E-state index is -2.80. The van der Waals surface area contributed by atoms with E-state index in [2.05, 4.69) is 4.90 Å². The van der Waals surface area contributed by atoms with Gasteiger partial charge < -0.3 is 15.9 Å². The van der Waals surface area contributed by atoms with E-state index >= 15 is 4.39 Å². The van der Waals surface area contributed by atoms with E-state index in [1.54, 1.807) is 0 Å². The number of hydrogen-bond donors (Lipinski definition) is 3. The molecule has 2 unspecified atom stereocenters. The standard InChI is InChI=1S/C28H34FN3O7/c1-27(2,3)32-7-6-12-14(10-32)21(33)17-13(19(12)29)8-11-9-15-20(31(4)5)23(35)18(26(30)38)25(37)28(15,39)24(36)16(11)22(17)34/h11,15-16,18,20,33,39H,6-10H2,1-5H3,(H2,30,38)/t11-,15-,16?,18?,20-,28-/m0/s1. The molecule has 11 heteroatoms. The molecule has 0 aromatic heterocycles. The number of aromatic hydroxyl groups is 1. The summed E-state index contributed by atoms with van der Waals surface area (Å²) >= 11 is 0. The van der Waals surface area contributed by atoms with Crippen molar-refractivity contribution in [3.05, 3.63) is 28.1 Å². The van der Waals surface area contributed by atoms with Crippen LogP contribution in [-0.2, 0) is 38.6 Å². The van der Waals surface area contributed by atoms with E-state index in [-0.39, 0.29) is 41.8 Å². The average molecular weight is 544 g/mol. The van der Waals surface area contributed by atoms with Crippen molar-refractivity contribution < 1.29 is 38.6 Å². The molecule has 3 aliphatic carbocycles. The highest BCUT2D eigenvalue weighted by atomic mass is 19.1.